The van der Waals surface area contributed by atoms with Crippen molar-refractivity contribution < 1.29 is 9.59 Å². The van der Waals surface area contributed by atoms with Crippen molar-refractivity contribution in [1.82, 2.24) is 0 Å². The van der Waals surface area contributed by atoms with E-state index in [2.05, 4.69) is 24.5 Å². The first-order valence-corrected chi connectivity index (χ1v) is 11.2. The van der Waals surface area contributed by atoms with E-state index in [1.54, 1.807) is 0 Å². The number of carbonyl (C=O) groups is 2. The van der Waals surface area contributed by atoms with Gasteiger partial charge in [0.05, 0.1) is 5.69 Å². The van der Waals surface area contributed by atoms with Crippen molar-refractivity contribution in [2.45, 2.75) is 31.7 Å². The second-order valence-corrected chi connectivity index (χ2v) is 8.95. The van der Waals surface area contributed by atoms with Crippen molar-refractivity contribution >= 4 is 23.1 Å². The maximum absolute atomic E-state index is 14.6. The minimum atomic E-state index is -1.12. The number of hydrogen-bond donors (Lipinski definition) is 0. The van der Waals surface area contributed by atoms with Crippen LogP contribution in [0.3, 0.4) is 0 Å². The summed E-state index contributed by atoms with van der Waals surface area (Å²) >= 11 is 0. The normalized spacial score (nSPS) is 28.9. The van der Waals surface area contributed by atoms with E-state index < -0.39 is 11.0 Å². The third-order valence-electron chi connectivity index (χ3n) is 7.68. The van der Waals surface area contributed by atoms with E-state index in [0.29, 0.717) is 12.1 Å². The molecule has 2 aromatic rings. The van der Waals surface area contributed by atoms with Crippen LogP contribution in [-0.4, -0.2) is 23.8 Å². The SMILES string of the molecule is C=CC(C)C12C(=O)c3ccccc3N1C=CC(C)C21C(=O)N(C/C=C/C)c2ccccc21. The zero-order valence-corrected chi connectivity index (χ0v) is 18.8. The van der Waals surface area contributed by atoms with Gasteiger partial charge in [-0.25, -0.2) is 0 Å². The van der Waals surface area contributed by atoms with Gasteiger partial charge in [0.2, 0.25) is 5.91 Å². The van der Waals surface area contributed by atoms with Gasteiger partial charge in [0, 0.05) is 29.9 Å². The van der Waals surface area contributed by atoms with Crippen LogP contribution in [0.1, 0.15) is 36.7 Å². The molecule has 0 aliphatic carbocycles. The zero-order valence-electron chi connectivity index (χ0n) is 18.8. The molecule has 0 saturated heterocycles. The molecule has 3 aliphatic heterocycles. The molecule has 0 bridgehead atoms. The van der Waals surface area contributed by atoms with Crippen LogP contribution in [-0.2, 0) is 10.2 Å². The molecule has 0 radical (unpaired) electrons. The van der Waals surface area contributed by atoms with E-state index in [1.807, 2.05) is 91.7 Å². The molecule has 5 rings (SSSR count). The van der Waals surface area contributed by atoms with Gasteiger partial charge >= 0.3 is 0 Å². The van der Waals surface area contributed by atoms with Crippen molar-refractivity contribution in [3.05, 3.63) is 96.7 Å². The highest BCUT2D eigenvalue weighted by molar-refractivity contribution is 6.23. The number of benzene rings is 2. The number of nitrogens with zero attached hydrogens (tertiary/aromatic N) is 2. The Kier molecular flexibility index (Phi) is 4.52. The van der Waals surface area contributed by atoms with E-state index in [-0.39, 0.29) is 23.5 Å². The van der Waals surface area contributed by atoms with Crippen LogP contribution in [0.5, 0.6) is 0 Å². The number of anilines is 2. The van der Waals surface area contributed by atoms with Crippen LogP contribution in [0.4, 0.5) is 11.4 Å². The lowest BCUT2D eigenvalue weighted by molar-refractivity contribution is -0.127. The number of hydrogen-bond acceptors (Lipinski definition) is 3. The maximum atomic E-state index is 14.6. The molecule has 0 aromatic heterocycles. The minimum absolute atomic E-state index is 0.00673. The van der Waals surface area contributed by atoms with Gasteiger partial charge in [-0.1, -0.05) is 68.5 Å². The molecule has 4 heteroatoms. The number of allylic oxidation sites excluding steroid dienone is 2. The van der Waals surface area contributed by atoms with E-state index in [9.17, 15) is 9.59 Å². The third-order valence-corrected chi connectivity index (χ3v) is 7.68. The predicted octanol–water partition coefficient (Wildman–Crippen LogP) is 5.27. The lowest BCUT2D eigenvalue weighted by Crippen LogP contribution is -2.73. The van der Waals surface area contributed by atoms with Gasteiger partial charge in [-0.15, -0.1) is 6.58 Å². The summed E-state index contributed by atoms with van der Waals surface area (Å²) < 4.78 is 0. The van der Waals surface area contributed by atoms with Crippen LogP contribution in [0.25, 0.3) is 0 Å². The number of amides is 1. The number of Topliss-reactive ketones (excluding diaryl/α,β-unsaturated/α-hetero) is 1. The van der Waals surface area contributed by atoms with Crippen molar-refractivity contribution in [3.63, 3.8) is 0 Å². The second kappa shape index (κ2) is 7.06. The van der Waals surface area contributed by atoms with Gasteiger partial charge in [0.15, 0.2) is 5.78 Å². The van der Waals surface area contributed by atoms with Crippen LogP contribution in [0.15, 0.2) is 85.6 Å². The van der Waals surface area contributed by atoms with E-state index in [0.717, 1.165) is 16.9 Å². The fraction of sp³-hybridized carbons (Fsp3) is 0.286. The van der Waals surface area contributed by atoms with Crippen LogP contribution in [0, 0.1) is 11.8 Å². The molecule has 32 heavy (non-hydrogen) atoms. The highest BCUT2D eigenvalue weighted by atomic mass is 16.2. The molecule has 3 heterocycles. The molecule has 0 saturated carbocycles. The standard InChI is InChI=1S/C28H28N2O2/c1-5-7-17-29-24-15-11-9-13-22(24)27(26(29)32)20(4)16-18-30-23-14-10-8-12-21(23)25(31)28(27,30)19(3)6-2/h5-16,18-20H,2,17H2,1,3-4H3/b7-5+. The van der Waals surface area contributed by atoms with E-state index in [1.165, 1.54) is 0 Å². The van der Waals surface area contributed by atoms with Crippen molar-refractivity contribution in [2.24, 2.45) is 11.8 Å². The Morgan fingerprint density at radius 2 is 1.78 bits per heavy atom. The molecule has 3 aliphatic rings. The molecule has 162 valence electrons. The molecule has 0 N–H and O–H groups in total. The fourth-order valence-electron chi connectivity index (χ4n) is 6.29. The van der Waals surface area contributed by atoms with Crippen LogP contribution in [0.2, 0.25) is 0 Å². The van der Waals surface area contributed by atoms with Crippen molar-refractivity contribution in [1.29, 1.82) is 0 Å². The number of ketones is 1. The summed E-state index contributed by atoms with van der Waals surface area (Å²) in [7, 11) is 0. The lowest BCUT2D eigenvalue weighted by atomic mass is 9.52. The fourth-order valence-corrected chi connectivity index (χ4v) is 6.29. The van der Waals surface area contributed by atoms with E-state index in [4.69, 9.17) is 0 Å². The molecule has 4 nitrogen and oxygen atoms in total. The number of carbonyl (C=O) groups excluding carboxylic acids is 2. The lowest BCUT2D eigenvalue weighted by Gasteiger charge is -2.56. The predicted molar refractivity (Wildman–Crippen MR) is 129 cm³/mol. The topological polar surface area (TPSA) is 40.6 Å². The summed E-state index contributed by atoms with van der Waals surface area (Å²) in [4.78, 5) is 32.9. The van der Waals surface area contributed by atoms with E-state index >= 15 is 0 Å². The summed E-state index contributed by atoms with van der Waals surface area (Å²) in [5.41, 5.74) is 1.14. The quantitative estimate of drug-likeness (QED) is 0.628. The summed E-state index contributed by atoms with van der Waals surface area (Å²) in [6.07, 6.45) is 9.86. The first-order valence-electron chi connectivity index (χ1n) is 11.2. The Bertz CT molecular complexity index is 1200. The number of para-hydroxylation sites is 2. The molecule has 1 amide bonds. The van der Waals surface area contributed by atoms with Crippen LogP contribution >= 0.6 is 0 Å². The smallest absolute Gasteiger partial charge is 0.241 e. The number of rotatable bonds is 4. The van der Waals surface area contributed by atoms with Gasteiger partial charge in [0.1, 0.15) is 11.0 Å². The number of fused-ring (bicyclic) bond motifs is 6. The van der Waals surface area contributed by atoms with Crippen molar-refractivity contribution in [3.8, 4) is 0 Å². The molecule has 2 aromatic carbocycles. The average Bonchev–Trinajstić information content (AvgIpc) is 3.23. The van der Waals surface area contributed by atoms with Gasteiger partial charge in [-0.3, -0.25) is 9.59 Å². The Hall–Kier alpha value is -3.40. The Balaban J connectivity index is 1.90. The highest BCUT2D eigenvalue weighted by Crippen LogP contribution is 2.63. The van der Waals surface area contributed by atoms with Gasteiger partial charge in [-0.2, -0.15) is 0 Å². The molecular weight excluding hydrogens is 396 g/mol. The highest BCUT2D eigenvalue weighted by Gasteiger charge is 2.74. The van der Waals surface area contributed by atoms with Crippen LogP contribution < -0.4 is 9.80 Å². The minimum Gasteiger partial charge on any atom is -0.332 e. The van der Waals surface area contributed by atoms with Crippen molar-refractivity contribution in [2.75, 3.05) is 16.3 Å². The summed E-state index contributed by atoms with van der Waals surface area (Å²) in [5.74, 6) is -0.474. The van der Waals surface area contributed by atoms with Gasteiger partial charge in [0.25, 0.3) is 0 Å². The summed E-state index contributed by atoms with van der Waals surface area (Å²) in [6.45, 7) is 10.6. The maximum Gasteiger partial charge on any atom is 0.241 e. The molecule has 4 atom stereocenters. The van der Waals surface area contributed by atoms with Gasteiger partial charge < -0.3 is 9.80 Å². The first-order chi connectivity index (χ1) is 15.5. The third kappa shape index (κ3) is 2.12. The van der Waals surface area contributed by atoms with Gasteiger partial charge in [-0.05, 0) is 36.6 Å². The average molecular weight is 425 g/mol. The summed E-state index contributed by atoms with van der Waals surface area (Å²) in [5, 5.41) is 0. The Morgan fingerprint density at radius 1 is 1.09 bits per heavy atom. The Morgan fingerprint density at radius 3 is 2.50 bits per heavy atom. The Labute approximate surface area is 189 Å². The molecule has 1 spiro atoms. The zero-order chi connectivity index (χ0) is 22.7. The molecular formula is C28H28N2O2. The first kappa shape index (κ1) is 20.5. The molecule has 0 fully saturated rings. The largest absolute Gasteiger partial charge is 0.332 e. The summed E-state index contributed by atoms with van der Waals surface area (Å²) in [6, 6.07) is 15.7. The molecule has 4 unspecified atom stereocenters. The monoisotopic (exact) mass is 424 g/mol. The second-order valence-electron chi connectivity index (χ2n) is 8.95.